The van der Waals surface area contributed by atoms with Gasteiger partial charge in [-0.25, -0.2) is 4.90 Å². The maximum atomic E-state index is 14.0. The molecule has 2 heterocycles. The fourth-order valence-corrected chi connectivity index (χ4v) is 5.96. The first-order chi connectivity index (χ1) is 17.3. The number of imide groups is 1. The lowest BCUT2D eigenvalue weighted by molar-refractivity contribution is -0.127. The van der Waals surface area contributed by atoms with Crippen molar-refractivity contribution < 1.29 is 28.7 Å². The SMILES string of the molecule is COc1cccc(N2C(=O)[C@@H]3[C@@H](C2=O)C2(O[C@H]3c3cccc(Cl)c3Cl)C(=O)c3ccccc3C2=O)c1. The lowest BCUT2D eigenvalue weighted by Crippen LogP contribution is -2.51. The number of ketones is 2. The van der Waals surface area contributed by atoms with E-state index in [2.05, 4.69) is 0 Å². The number of nitrogens with zero attached hydrogens (tertiary/aromatic N) is 1. The van der Waals surface area contributed by atoms with Gasteiger partial charge in [0.2, 0.25) is 29.0 Å². The van der Waals surface area contributed by atoms with Crippen molar-refractivity contribution in [3.63, 3.8) is 0 Å². The number of halogens is 2. The van der Waals surface area contributed by atoms with E-state index in [1.54, 1.807) is 54.6 Å². The molecule has 3 aromatic carbocycles. The van der Waals surface area contributed by atoms with Gasteiger partial charge in [0.05, 0.1) is 40.8 Å². The standard InChI is InChI=1S/C27H17Cl2NO6/c1-35-14-7-4-6-13(12-14)30-25(33)19-20(26(30)34)27(23(31)15-8-2-3-9-16(15)24(27)32)36-22(19)17-10-5-11-18(28)21(17)29/h2-12,19-20,22H,1H3/t19-,20+,22+/m1/s1. The number of methoxy groups -OCH3 is 1. The Kier molecular flexibility index (Phi) is 5.09. The van der Waals surface area contributed by atoms with Crippen LogP contribution < -0.4 is 9.64 Å². The Labute approximate surface area is 215 Å². The summed E-state index contributed by atoms with van der Waals surface area (Å²) in [6, 6.07) is 17.5. The predicted octanol–water partition coefficient (Wildman–Crippen LogP) is 4.70. The van der Waals surface area contributed by atoms with E-state index in [1.807, 2.05) is 0 Å². The monoisotopic (exact) mass is 521 g/mol. The molecular formula is C27H17Cl2NO6. The lowest BCUT2D eigenvalue weighted by atomic mass is 9.77. The van der Waals surface area contributed by atoms with E-state index in [-0.39, 0.29) is 26.9 Å². The number of amides is 2. The first-order valence-electron chi connectivity index (χ1n) is 11.1. The van der Waals surface area contributed by atoms with Gasteiger partial charge in [-0.3, -0.25) is 19.2 Å². The molecule has 6 rings (SSSR count). The molecule has 36 heavy (non-hydrogen) atoms. The van der Waals surface area contributed by atoms with Crippen LogP contribution >= 0.6 is 23.2 Å². The highest BCUT2D eigenvalue weighted by Gasteiger charge is 2.75. The van der Waals surface area contributed by atoms with E-state index < -0.39 is 46.9 Å². The molecule has 0 unspecified atom stereocenters. The summed E-state index contributed by atoms with van der Waals surface area (Å²) in [5.41, 5.74) is -1.30. The third kappa shape index (κ3) is 2.85. The molecule has 3 aliphatic rings. The molecule has 0 N–H and O–H groups in total. The molecule has 3 atom stereocenters. The minimum Gasteiger partial charge on any atom is -0.497 e. The van der Waals surface area contributed by atoms with E-state index in [1.165, 1.54) is 19.2 Å². The quantitative estimate of drug-likeness (QED) is 0.366. The van der Waals surface area contributed by atoms with E-state index in [9.17, 15) is 19.2 Å². The van der Waals surface area contributed by atoms with Crippen LogP contribution in [0.1, 0.15) is 32.4 Å². The van der Waals surface area contributed by atoms with Gasteiger partial charge in [-0.05, 0) is 18.2 Å². The lowest BCUT2D eigenvalue weighted by Gasteiger charge is -2.27. The van der Waals surface area contributed by atoms with Crippen molar-refractivity contribution in [2.45, 2.75) is 11.7 Å². The maximum Gasteiger partial charge on any atom is 0.241 e. The number of carbonyl (C=O) groups is 4. The zero-order valence-corrected chi connectivity index (χ0v) is 20.2. The van der Waals surface area contributed by atoms with Gasteiger partial charge in [0.15, 0.2) is 0 Å². The van der Waals surface area contributed by atoms with Crippen molar-refractivity contribution in [1.82, 2.24) is 0 Å². The van der Waals surface area contributed by atoms with E-state index in [4.69, 9.17) is 32.7 Å². The second-order valence-corrected chi connectivity index (χ2v) is 9.62. The minimum atomic E-state index is -2.19. The Bertz CT molecular complexity index is 1470. The number of fused-ring (bicyclic) bond motifs is 3. The summed E-state index contributed by atoms with van der Waals surface area (Å²) in [5, 5.41) is 0.333. The van der Waals surface area contributed by atoms with Crippen LogP contribution in [0, 0.1) is 11.8 Å². The highest BCUT2D eigenvalue weighted by molar-refractivity contribution is 6.42. The van der Waals surface area contributed by atoms with Gasteiger partial charge in [-0.1, -0.05) is 65.7 Å². The maximum absolute atomic E-state index is 14.0. The molecule has 0 bridgehead atoms. The Morgan fingerprint density at radius 1 is 0.861 bits per heavy atom. The summed E-state index contributed by atoms with van der Waals surface area (Å²) in [6.45, 7) is 0. The number of benzene rings is 3. The molecule has 180 valence electrons. The first kappa shape index (κ1) is 22.9. The van der Waals surface area contributed by atoms with Crippen LogP contribution in [0.25, 0.3) is 0 Å². The minimum absolute atomic E-state index is 0.121. The summed E-state index contributed by atoms with van der Waals surface area (Å²) in [7, 11) is 1.47. The van der Waals surface area contributed by atoms with Crippen LogP contribution in [0.2, 0.25) is 10.0 Å². The van der Waals surface area contributed by atoms with Crippen LogP contribution in [0.5, 0.6) is 5.75 Å². The van der Waals surface area contributed by atoms with E-state index in [0.29, 0.717) is 11.3 Å². The number of ether oxygens (including phenoxy) is 2. The highest BCUT2D eigenvalue weighted by atomic mass is 35.5. The fourth-order valence-electron chi connectivity index (χ4n) is 5.54. The fraction of sp³-hybridized carbons (Fsp3) is 0.185. The Hall–Kier alpha value is -3.52. The summed E-state index contributed by atoms with van der Waals surface area (Å²) < 4.78 is 11.5. The van der Waals surface area contributed by atoms with Gasteiger partial charge in [0, 0.05) is 22.8 Å². The normalized spacial score (nSPS) is 24.0. The van der Waals surface area contributed by atoms with Crippen LogP contribution in [0.3, 0.4) is 0 Å². The van der Waals surface area contributed by atoms with E-state index in [0.717, 1.165) is 4.90 Å². The summed E-state index contributed by atoms with van der Waals surface area (Å²) in [4.78, 5) is 56.4. The second kappa shape index (κ2) is 8.00. The topological polar surface area (TPSA) is 90.0 Å². The summed E-state index contributed by atoms with van der Waals surface area (Å²) in [6.07, 6.45) is -1.16. The van der Waals surface area contributed by atoms with Crippen molar-refractivity contribution in [2.75, 3.05) is 12.0 Å². The summed E-state index contributed by atoms with van der Waals surface area (Å²) >= 11 is 12.7. The smallest absolute Gasteiger partial charge is 0.241 e. The first-order valence-corrected chi connectivity index (χ1v) is 11.9. The largest absolute Gasteiger partial charge is 0.497 e. The highest BCUT2D eigenvalue weighted by Crippen LogP contribution is 2.58. The molecule has 3 aromatic rings. The Balaban J connectivity index is 1.56. The molecule has 2 fully saturated rings. The molecule has 0 aromatic heterocycles. The average Bonchev–Trinajstić information content (AvgIpc) is 3.45. The van der Waals surface area contributed by atoms with Crippen molar-refractivity contribution in [3.05, 3.63) is 93.5 Å². The molecular weight excluding hydrogens is 505 g/mol. The van der Waals surface area contributed by atoms with Crippen molar-refractivity contribution in [2.24, 2.45) is 11.8 Å². The van der Waals surface area contributed by atoms with Crippen LogP contribution in [-0.4, -0.2) is 36.1 Å². The van der Waals surface area contributed by atoms with Crippen molar-refractivity contribution in [1.29, 1.82) is 0 Å². The van der Waals surface area contributed by atoms with Gasteiger partial charge in [-0.2, -0.15) is 0 Å². The number of carbonyl (C=O) groups excluding carboxylic acids is 4. The molecule has 0 radical (unpaired) electrons. The van der Waals surface area contributed by atoms with Gasteiger partial charge in [-0.15, -0.1) is 0 Å². The molecule has 9 heteroatoms. The number of Topliss-reactive ketones (excluding diaryl/α,β-unsaturated/α-hetero) is 2. The van der Waals surface area contributed by atoms with Crippen molar-refractivity contribution in [3.8, 4) is 5.75 Å². The summed E-state index contributed by atoms with van der Waals surface area (Å²) in [5.74, 6) is -4.72. The number of hydrogen-bond donors (Lipinski definition) is 0. The molecule has 0 saturated carbocycles. The van der Waals surface area contributed by atoms with Crippen molar-refractivity contribution >= 4 is 52.3 Å². The average molecular weight is 522 g/mol. The Morgan fingerprint density at radius 2 is 1.53 bits per heavy atom. The predicted molar refractivity (Wildman–Crippen MR) is 131 cm³/mol. The Morgan fingerprint density at radius 3 is 2.19 bits per heavy atom. The van der Waals surface area contributed by atoms with Gasteiger partial charge in [0.1, 0.15) is 5.75 Å². The number of anilines is 1. The zero-order chi connectivity index (χ0) is 25.4. The second-order valence-electron chi connectivity index (χ2n) is 8.84. The van der Waals surface area contributed by atoms with E-state index >= 15 is 0 Å². The molecule has 1 spiro atoms. The third-order valence-corrected chi connectivity index (χ3v) is 7.95. The molecule has 2 amide bonds. The third-order valence-electron chi connectivity index (χ3n) is 7.12. The zero-order valence-electron chi connectivity index (χ0n) is 18.7. The molecule has 1 aliphatic carbocycles. The molecule has 2 aliphatic heterocycles. The van der Waals surface area contributed by atoms with Gasteiger partial charge in [0.25, 0.3) is 0 Å². The van der Waals surface area contributed by atoms with Crippen LogP contribution in [0.15, 0.2) is 66.7 Å². The van der Waals surface area contributed by atoms with Gasteiger partial charge >= 0.3 is 0 Å². The number of hydrogen-bond acceptors (Lipinski definition) is 6. The number of rotatable bonds is 3. The molecule has 2 saturated heterocycles. The van der Waals surface area contributed by atoms with Crippen LogP contribution in [0.4, 0.5) is 5.69 Å². The van der Waals surface area contributed by atoms with Crippen LogP contribution in [-0.2, 0) is 14.3 Å². The van der Waals surface area contributed by atoms with Gasteiger partial charge < -0.3 is 9.47 Å². The molecule has 7 nitrogen and oxygen atoms in total.